The van der Waals surface area contributed by atoms with Crippen LogP contribution in [0.5, 0.6) is 0 Å². The standard InChI is InChI=1S/C15H21NO5.C12H21NO2/c17-13-7-8-14(18)16(13)21-15(19)20-9-12-10-5-3-1-2-4-6-11(10)12;1-13-12(14)15-8-11-9-6-4-2-3-5-7-10(9)11/h10-12H,1-9H2;9-11H,2-8H2,1H3,(H,13,14)/t10-,11+,12?;9-,10+,11?. The average Bonchev–Trinajstić information content (AvgIpc) is 3.66. The summed E-state index contributed by atoms with van der Waals surface area (Å²) in [6.45, 7) is 0.972. The summed E-state index contributed by atoms with van der Waals surface area (Å²) in [5, 5.41) is 3.02. The number of hydroxylamine groups is 2. The molecule has 5 aliphatic rings. The second kappa shape index (κ2) is 12.8. The number of carbonyl (C=O) groups is 4. The predicted octanol–water partition coefficient (Wildman–Crippen LogP) is 4.98. The Bertz CT molecular complexity index is 759. The molecular weight excluding hydrogens is 464 g/mol. The van der Waals surface area contributed by atoms with Gasteiger partial charge in [0.2, 0.25) is 0 Å². The summed E-state index contributed by atoms with van der Waals surface area (Å²) in [7, 11) is 1.61. The van der Waals surface area contributed by atoms with Crippen LogP contribution < -0.4 is 5.32 Å². The highest BCUT2D eigenvalue weighted by Gasteiger charge is 2.50. The molecule has 0 radical (unpaired) electrons. The number of nitrogens with one attached hydrogen (secondary N) is 1. The zero-order valence-electron chi connectivity index (χ0n) is 21.6. The lowest BCUT2D eigenvalue weighted by Gasteiger charge is -2.12. The van der Waals surface area contributed by atoms with Gasteiger partial charge in [0.15, 0.2) is 0 Å². The molecule has 0 aromatic rings. The summed E-state index contributed by atoms with van der Waals surface area (Å²) in [5.41, 5.74) is 0. The van der Waals surface area contributed by atoms with E-state index in [4.69, 9.17) is 9.47 Å². The van der Waals surface area contributed by atoms with E-state index in [1.54, 1.807) is 7.05 Å². The highest BCUT2D eigenvalue weighted by molar-refractivity contribution is 6.01. The van der Waals surface area contributed by atoms with Gasteiger partial charge in [-0.3, -0.25) is 14.4 Å². The minimum atomic E-state index is -0.946. The number of imide groups is 1. The summed E-state index contributed by atoms with van der Waals surface area (Å²) < 4.78 is 10.2. The second-order valence-corrected chi connectivity index (χ2v) is 11.0. The summed E-state index contributed by atoms with van der Waals surface area (Å²) >= 11 is 0. The Morgan fingerprint density at radius 2 is 1.14 bits per heavy atom. The SMILES string of the molecule is CNC(=O)OCC1[C@H]2CCCCCC[C@@H]12.O=C(OCC1[C@H]2CCCCCC[C@@H]12)ON1C(=O)CCC1=O. The topological polar surface area (TPSA) is 111 Å². The molecule has 4 saturated carbocycles. The van der Waals surface area contributed by atoms with Crippen LogP contribution in [-0.2, 0) is 23.9 Å². The van der Waals surface area contributed by atoms with Crippen LogP contribution in [0.25, 0.3) is 0 Å². The van der Waals surface area contributed by atoms with Crippen molar-refractivity contribution in [2.24, 2.45) is 35.5 Å². The Balaban J connectivity index is 0.000000179. The molecule has 1 N–H and O–H groups in total. The Morgan fingerprint density at radius 3 is 1.56 bits per heavy atom. The molecule has 2 unspecified atom stereocenters. The monoisotopic (exact) mass is 506 g/mol. The molecule has 202 valence electrons. The number of amides is 3. The number of hydrogen-bond acceptors (Lipinski definition) is 7. The van der Waals surface area contributed by atoms with Crippen molar-refractivity contribution in [2.45, 2.75) is 89.9 Å². The summed E-state index contributed by atoms with van der Waals surface area (Å²) in [4.78, 5) is 49.9. The number of nitrogens with zero attached hydrogens (tertiary/aromatic N) is 1. The van der Waals surface area contributed by atoms with Crippen molar-refractivity contribution in [1.29, 1.82) is 0 Å². The lowest BCUT2D eigenvalue weighted by Crippen LogP contribution is -2.32. The Hall–Kier alpha value is -2.32. The van der Waals surface area contributed by atoms with Gasteiger partial charge in [0, 0.05) is 19.9 Å². The van der Waals surface area contributed by atoms with Gasteiger partial charge in [-0.1, -0.05) is 56.4 Å². The maximum atomic E-state index is 11.6. The smallest absolute Gasteiger partial charge is 0.449 e. The van der Waals surface area contributed by atoms with Gasteiger partial charge in [-0.25, -0.2) is 9.59 Å². The highest BCUT2D eigenvalue weighted by atomic mass is 16.8. The molecule has 0 aromatic heterocycles. The minimum Gasteiger partial charge on any atom is -0.449 e. The van der Waals surface area contributed by atoms with E-state index < -0.39 is 18.0 Å². The summed E-state index contributed by atoms with van der Waals surface area (Å²) in [5.74, 6) is 3.20. The lowest BCUT2D eigenvalue weighted by atomic mass is 10.0. The first kappa shape index (κ1) is 26.7. The first-order valence-electron chi connectivity index (χ1n) is 14.0. The van der Waals surface area contributed by atoms with Crippen molar-refractivity contribution >= 4 is 24.1 Å². The number of hydrogen-bond donors (Lipinski definition) is 1. The molecule has 9 nitrogen and oxygen atoms in total. The van der Waals surface area contributed by atoms with Gasteiger partial charge in [-0.05, 0) is 61.2 Å². The second-order valence-electron chi connectivity index (χ2n) is 11.0. The van der Waals surface area contributed by atoms with Crippen molar-refractivity contribution in [3.63, 3.8) is 0 Å². The number of alkyl carbamates (subject to hydrolysis) is 1. The van der Waals surface area contributed by atoms with E-state index in [0.29, 0.717) is 41.9 Å². The van der Waals surface area contributed by atoms with Gasteiger partial charge in [0.05, 0.1) is 13.2 Å². The molecule has 3 amide bonds. The van der Waals surface area contributed by atoms with Crippen LogP contribution in [0, 0.1) is 35.5 Å². The maximum absolute atomic E-state index is 11.6. The Kier molecular flexibility index (Phi) is 9.48. The molecule has 1 heterocycles. The molecule has 1 aliphatic heterocycles. The molecule has 4 aliphatic carbocycles. The number of ether oxygens (including phenoxy) is 2. The number of carbonyl (C=O) groups excluding carboxylic acids is 4. The third-order valence-corrected chi connectivity index (χ3v) is 8.84. The largest absolute Gasteiger partial charge is 0.533 e. The molecule has 0 bridgehead atoms. The average molecular weight is 507 g/mol. The van der Waals surface area contributed by atoms with E-state index in [1.165, 1.54) is 77.0 Å². The molecular formula is C27H42N2O7. The third-order valence-electron chi connectivity index (χ3n) is 8.84. The van der Waals surface area contributed by atoms with E-state index in [-0.39, 0.29) is 18.9 Å². The molecule has 6 atom stereocenters. The van der Waals surface area contributed by atoms with Gasteiger partial charge < -0.3 is 14.8 Å². The van der Waals surface area contributed by atoms with Crippen LogP contribution in [0.15, 0.2) is 0 Å². The fourth-order valence-corrected chi connectivity index (χ4v) is 6.65. The van der Waals surface area contributed by atoms with E-state index >= 15 is 0 Å². The predicted molar refractivity (Wildman–Crippen MR) is 130 cm³/mol. The van der Waals surface area contributed by atoms with Crippen molar-refractivity contribution < 1.29 is 33.5 Å². The quantitative estimate of drug-likeness (QED) is 0.413. The normalized spacial score (nSPS) is 33.2. The van der Waals surface area contributed by atoms with Crippen LogP contribution >= 0.6 is 0 Å². The molecule has 36 heavy (non-hydrogen) atoms. The Labute approximate surface area is 213 Å². The fourth-order valence-electron chi connectivity index (χ4n) is 6.65. The van der Waals surface area contributed by atoms with Crippen LogP contribution in [0.4, 0.5) is 9.59 Å². The molecule has 1 saturated heterocycles. The molecule has 0 aromatic carbocycles. The van der Waals surface area contributed by atoms with Crippen molar-refractivity contribution in [2.75, 3.05) is 20.3 Å². The van der Waals surface area contributed by atoms with E-state index in [0.717, 1.165) is 11.8 Å². The summed E-state index contributed by atoms with van der Waals surface area (Å²) in [6.07, 6.45) is 14.8. The van der Waals surface area contributed by atoms with Crippen molar-refractivity contribution in [3.05, 3.63) is 0 Å². The van der Waals surface area contributed by atoms with E-state index in [1.807, 2.05) is 0 Å². The van der Waals surface area contributed by atoms with Crippen molar-refractivity contribution in [3.8, 4) is 0 Å². The summed E-state index contributed by atoms with van der Waals surface area (Å²) in [6, 6.07) is 0. The first-order chi connectivity index (χ1) is 17.5. The zero-order chi connectivity index (χ0) is 25.5. The molecule has 5 fully saturated rings. The third kappa shape index (κ3) is 7.13. The van der Waals surface area contributed by atoms with Gasteiger partial charge in [0.25, 0.3) is 11.8 Å². The highest BCUT2D eigenvalue weighted by Crippen LogP contribution is 2.54. The maximum Gasteiger partial charge on any atom is 0.533 e. The van der Waals surface area contributed by atoms with Gasteiger partial charge in [-0.15, -0.1) is 0 Å². The lowest BCUT2D eigenvalue weighted by molar-refractivity contribution is -0.177. The van der Waals surface area contributed by atoms with E-state index in [9.17, 15) is 19.2 Å². The van der Waals surface area contributed by atoms with Crippen LogP contribution in [0.3, 0.4) is 0 Å². The number of rotatable bonds is 5. The van der Waals surface area contributed by atoms with E-state index in [2.05, 4.69) is 10.2 Å². The van der Waals surface area contributed by atoms with Gasteiger partial charge >= 0.3 is 12.2 Å². The zero-order valence-corrected chi connectivity index (χ0v) is 21.6. The minimum absolute atomic E-state index is 0.0961. The van der Waals surface area contributed by atoms with Gasteiger partial charge in [0.1, 0.15) is 0 Å². The van der Waals surface area contributed by atoms with Gasteiger partial charge in [-0.2, -0.15) is 0 Å². The molecule has 0 spiro atoms. The number of fused-ring (bicyclic) bond motifs is 2. The van der Waals surface area contributed by atoms with Crippen LogP contribution in [0.1, 0.15) is 89.9 Å². The Morgan fingerprint density at radius 1 is 0.722 bits per heavy atom. The first-order valence-corrected chi connectivity index (χ1v) is 14.0. The molecule has 5 rings (SSSR count). The van der Waals surface area contributed by atoms with Crippen molar-refractivity contribution in [1.82, 2.24) is 10.4 Å². The van der Waals surface area contributed by atoms with Crippen LogP contribution in [-0.4, -0.2) is 49.4 Å². The fraction of sp³-hybridized carbons (Fsp3) is 0.852. The molecule has 9 heteroatoms. The van der Waals surface area contributed by atoms with Crippen LogP contribution in [0.2, 0.25) is 0 Å².